The second-order valence-electron chi connectivity index (χ2n) is 3.26. The third-order valence-corrected chi connectivity index (χ3v) is 2.22. The highest BCUT2D eigenvalue weighted by atomic mass is 16.3. The highest BCUT2D eigenvalue weighted by molar-refractivity contribution is 5.82. The number of fused-ring (bicyclic) bond motifs is 1. The van der Waals surface area contributed by atoms with Gasteiger partial charge >= 0.3 is 0 Å². The average Bonchev–Trinajstić information content (AvgIpc) is 2.76. The van der Waals surface area contributed by atoms with Crippen molar-refractivity contribution in [2.45, 2.75) is 0 Å². The molecule has 6 heteroatoms. The number of aliphatic hydroxyl groups is 1. The summed E-state index contributed by atoms with van der Waals surface area (Å²) in [6, 6.07) is 0. The summed E-state index contributed by atoms with van der Waals surface area (Å²) in [4.78, 5) is 17.2. The van der Waals surface area contributed by atoms with E-state index in [1.54, 1.807) is 12.4 Å². The molecule has 0 fully saturated rings. The Balaban J connectivity index is 2.42. The number of aliphatic hydroxyl groups excluding tert-OH is 1. The smallest absolute Gasteiger partial charge is 0.182 e. The molecule has 0 aliphatic heterocycles. The Hall–Kier alpha value is -1.95. The first-order valence-electron chi connectivity index (χ1n) is 4.97. The van der Waals surface area contributed by atoms with Gasteiger partial charge in [0.15, 0.2) is 11.5 Å². The van der Waals surface area contributed by atoms with Crippen molar-refractivity contribution in [1.82, 2.24) is 19.9 Å². The lowest BCUT2D eigenvalue weighted by Crippen LogP contribution is -2.27. The minimum Gasteiger partial charge on any atom is -0.395 e. The van der Waals surface area contributed by atoms with Crippen LogP contribution < -0.4 is 4.90 Å². The number of hydrogen-bond donors (Lipinski definition) is 2. The summed E-state index contributed by atoms with van der Waals surface area (Å²) in [6.07, 6.45) is 4.81. The number of hydrogen-bond acceptors (Lipinski definition) is 5. The Kier molecular flexibility index (Phi) is 3.11. The van der Waals surface area contributed by atoms with Crippen molar-refractivity contribution in [2.24, 2.45) is 0 Å². The van der Waals surface area contributed by atoms with E-state index in [9.17, 15) is 0 Å². The fourth-order valence-electron chi connectivity index (χ4n) is 1.55. The first-order valence-corrected chi connectivity index (χ1v) is 4.97. The molecule has 0 unspecified atom stereocenters. The van der Waals surface area contributed by atoms with Crippen LogP contribution in [-0.4, -0.2) is 44.7 Å². The van der Waals surface area contributed by atoms with E-state index in [0.717, 1.165) is 11.3 Å². The molecular weight excluding hydrogens is 206 g/mol. The summed E-state index contributed by atoms with van der Waals surface area (Å²) in [5.41, 5.74) is 1.40. The lowest BCUT2D eigenvalue weighted by molar-refractivity contribution is 0.303. The minimum atomic E-state index is 0.0630. The fourth-order valence-corrected chi connectivity index (χ4v) is 1.55. The summed E-state index contributed by atoms with van der Waals surface area (Å²) in [6.45, 7) is 4.86. The standard InChI is InChI=1S/C10H13N5O/c1-2-3-15(4-5-16)10-8-9(12-6-11-8)13-7-14-10/h2,6-7,16H,1,3-5H2,(H,11,12,13,14). The first kappa shape index (κ1) is 10.6. The van der Waals surface area contributed by atoms with Crippen molar-refractivity contribution in [1.29, 1.82) is 0 Å². The molecule has 0 radical (unpaired) electrons. The van der Waals surface area contributed by atoms with Crippen LogP contribution >= 0.6 is 0 Å². The minimum absolute atomic E-state index is 0.0630. The van der Waals surface area contributed by atoms with Gasteiger partial charge in [0.05, 0.1) is 12.9 Å². The first-order chi connectivity index (χ1) is 7.86. The Labute approximate surface area is 92.7 Å². The van der Waals surface area contributed by atoms with Crippen LogP contribution in [0.3, 0.4) is 0 Å². The SMILES string of the molecule is C=CCN(CCO)c1ncnc2nc[nH]c12. The van der Waals surface area contributed by atoms with Crippen LogP contribution in [0, 0.1) is 0 Å². The molecule has 0 saturated carbocycles. The highest BCUT2D eigenvalue weighted by Gasteiger charge is 2.11. The molecule has 16 heavy (non-hydrogen) atoms. The largest absolute Gasteiger partial charge is 0.395 e. The second-order valence-corrected chi connectivity index (χ2v) is 3.26. The molecule has 0 spiro atoms. The third-order valence-electron chi connectivity index (χ3n) is 2.22. The number of aromatic nitrogens is 4. The molecule has 2 heterocycles. The number of aromatic amines is 1. The highest BCUT2D eigenvalue weighted by Crippen LogP contribution is 2.18. The van der Waals surface area contributed by atoms with Crippen LogP contribution in [0.1, 0.15) is 0 Å². The van der Waals surface area contributed by atoms with E-state index >= 15 is 0 Å². The van der Waals surface area contributed by atoms with Crippen molar-refractivity contribution < 1.29 is 5.11 Å². The molecule has 2 rings (SSSR count). The fraction of sp³-hybridized carbons (Fsp3) is 0.300. The Morgan fingerprint density at radius 1 is 1.44 bits per heavy atom. The van der Waals surface area contributed by atoms with Gasteiger partial charge in [-0.2, -0.15) is 0 Å². The van der Waals surface area contributed by atoms with E-state index in [2.05, 4.69) is 26.5 Å². The Morgan fingerprint density at radius 2 is 2.31 bits per heavy atom. The van der Waals surface area contributed by atoms with E-state index < -0.39 is 0 Å². The van der Waals surface area contributed by atoms with Crippen molar-refractivity contribution >= 4 is 17.0 Å². The zero-order valence-electron chi connectivity index (χ0n) is 8.80. The molecule has 84 valence electrons. The van der Waals surface area contributed by atoms with Crippen LogP contribution in [0.15, 0.2) is 25.3 Å². The van der Waals surface area contributed by atoms with E-state index in [-0.39, 0.29) is 6.61 Å². The van der Waals surface area contributed by atoms with Crippen molar-refractivity contribution in [3.63, 3.8) is 0 Å². The topological polar surface area (TPSA) is 77.9 Å². The molecule has 0 atom stereocenters. The lowest BCUT2D eigenvalue weighted by atomic mass is 10.4. The molecule has 0 aliphatic carbocycles. The number of nitrogens with zero attached hydrogens (tertiary/aromatic N) is 4. The molecular formula is C10H13N5O. The van der Waals surface area contributed by atoms with Crippen molar-refractivity contribution in [3.8, 4) is 0 Å². The second kappa shape index (κ2) is 4.71. The van der Waals surface area contributed by atoms with E-state index in [4.69, 9.17) is 5.11 Å². The third kappa shape index (κ3) is 1.87. The Bertz CT molecular complexity index is 481. The van der Waals surface area contributed by atoms with E-state index in [1.165, 1.54) is 6.33 Å². The van der Waals surface area contributed by atoms with Gasteiger partial charge in [-0.15, -0.1) is 6.58 Å². The quantitative estimate of drug-likeness (QED) is 0.709. The number of H-pyrrole nitrogens is 1. The van der Waals surface area contributed by atoms with E-state index in [1.807, 2.05) is 4.90 Å². The molecule has 0 bridgehead atoms. The van der Waals surface area contributed by atoms with Crippen molar-refractivity contribution in [3.05, 3.63) is 25.3 Å². The van der Waals surface area contributed by atoms with Crippen LogP contribution in [-0.2, 0) is 0 Å². The molecule has 0 amide bonds. The van der Waals surface area contributed by atoms with Gasteiger partial charge in [0.1, 0.15) is 11.8 Å². The van der Waals surface area contributed by atoms with Crippen LogP contribution in [0.5, 0.6) is 0 Å². The average molecular weight is 219 g/mol. The molecule has 6 nitrogen and oxygen atoms in total. The van der Waals surface area contributed by atoms with Crippen molar-refractivity contribution in [2.75, 3.05) is 24.6 Å². The summed E-state index contributed by atoms with van der Waals surface area (Å²) in [5, 5.41) is 9.00. The molecule has 0 saturated heterocycles. The number of nitrogens with one attached hydrogen (secondary N) is 1. The number of rotatable bonds is 5. The zero-order valence-corrected chi connectivity index (χ0v) is 8.80. The molecule has 2 aromatic rings. The molecule has 0 aromatic carbocycles. The maximum atomic E-state index is 9.00. The van der Waals surface area contributed by atoms with Gasteiger partial charge in [-0.25, -0.2) is 15.0 Å². The maximum Gasteiger partial charge on any atom is 0.182 e. The predicted molar refractivity (Wildman–Crippen MR) is 61.2 cm³/mol. The summed E-state index contributed by atoms with van der Waals surface area (Å²) >= 11 is 0. The van der Waals surface area contributed by atoms with Crippen LogP contribution in [0.4, 0.5) is 5.82 Å². The molecule has 2 aromatic heterocycles. The van der Waals surface area contributed by atoms with Gasteiger partial charge < -0.3 is 15.0 Å². The maximum absolute atomic E-state index is 9.00. The summed E-state index contributed by atoms with van der Waals surface area (Å²) in [5.74, 6) is 0.733. The van der Waals surface area contributed by atoms with Crippen LogP contribution in [0.25, 0.3) is 11.2 Å². The summed E-state index contributed by atoms with van der Waals surface area (Å²) in [7, 11) is 0. The normalized spacial score (nSPS) is 10.6. The monoisotopic (exact) mass is 219 g/mol. The van der Waals surface area contributed by atoms with Crippen LogP contribution in [0.2, 0.25) is 0 Å². The van der Waals surface area contributed by atoms with Gasteiger partial charge in [-0.3, -0.25) is 0 Å². The Morgan fingerprint density at radius 3 is 3.06 bits per heavy atom. The molecule has 0 aliphatic rings. The molecule has 2 N–H and O–H groups in total. The number of imidazole rings is 1. The van der Waals surface area contributed by atoms with Gasteiger partial charge in [0.2, 0.25) is 0 Å². The number of anilines is 1. The lowest BCUT2D eigenvalue weighted by Gasteiger charge is -2.20. The zero-order chi connectivity index (χ0) is 11.4. The van der Waals surface area contributed by atoms with Gasteiger partial charge in [-0.1, -0.05) is 6.08 Å². The van der Waals surface area contributed by atoms with Gasteiger partial charge in [-0.05, 0) is 0 Å². The van der Waals surface area contributed by atoms with E-state index in [0.29, 0.717) is 18.7 Å². The van der Waals surface area contributed by atoms with Gasteiger partial charge in [0.25, 0.3) is 0 Å². The van der Waals surface area contributed by atoms with Gasteiger partial charge in [0, 0.05) is 13.1 Å². The summed E-state index contributed by atoms with van der Waals surface area (Å²) < 4.78 is 0. The predicted octanol–water partition coefficient (Wildman–Crippen LogP) is 0.338.